The lowest BCUT2D eigenvalue weighted by atomic mass is 10.1. The summed E-state index contributed by atoms with van der Waals surface area (Å²) < 4.78 is 199. The molecule has 0 radical (unpaired) electrons. The monoisotopic (exact) mass is 1080 g/mol. The maximum atomic E-state index is 12.8. The molecule has 6 aromatic rings. The summed E-state index contributed by atoms with van der Waals surface area (Å²) in [4.78, 5) is 19.9. The number of sulfone groups is 1. The standard InChI is InChI=1S/C33H27ClN8O20S6/c34-31-38-32(35-15-26(43)36-17-3-1-4-18(13-17)63(45,46)10-9-62-68(59,60)61)40-33(39-31)37-23-14-19(64(47,48)49)11-16-12-25(66(53,54)55)28(29(44)27(16)23)42-41-22-8-7-20-21(30(22)67(56,57)58)5-2-6-24(20)65(50,51)52/h1-8,11-14,44H,9-10,15H2,(H,36,43)(H,47,48,49)(H,50,51,52)(H,53,54,55)(H,56,57,58)(H,59,60,61)(H2,35,37,38,39,40). The van der Waals surface area contributed by atoms with Crippen molar-refractivity contribution in [2.24, 2.45) is 10.2 Å². The minimum atomic E-state index is -5.49. The number of hydrogen-bond acceptors (Lipinski definition) is 22. The van der Waals surface area contributed by atoms with E-state index < -0.39 is 167 Å². The number of phenols is 1. The number of hydrogen-bond donors (Lipinski definition) is 9. The average molecular weight is 1080 g/mol. The Kier molecular flexibility index (Phi) is 14.1. The predicted molar refractivity (Wildman–Crippen MR) is 234 cm³/mol. The van der Waals surface area contributed by atoms with Crippen LogP contribution >= 0.6 is 11.6 Å². The van der Waals surface area contributed by atoms with E-state index in [2.05, 4.69) is 45.3 Å². The molecule has 0 saturated heterocycles. The Bertz CT molecular complexity index is 3830. The Morgan fingerprint density at radius 2 is 1.34 bits per heavy atom. The number of carbonyl (C=O) groups excluding carboxylic acids is 1. The van der Waals surface area contributed by atoms with Crippen LogP contribution in [0.5, 0.6) is 5.75 Å². The van der Waals surface area contributed by atoms with Gasteiger partial charge in [0.15, 0.2) is 15.6 Å². The normalized spacial score (nSPS) is 13.0. The van der Waals surface area contributed by atoms with Crippen molar-refractivity contribution in [2.75, 3.05) is 34.9 Å². The van der Waals surface area contributed by atoms with Crippen LogP contribution in [-0.2, 0) is 69.7 Å². The minimum absolute atomic E-state index is 0.0588. The number of nitrogens with zero attached hydrogens (tertiary/aromatic N) is 5. The molecular formula is C33H27ClN8O20S6. The smallest absolute Gasteiger partial charge is 0.397 e. The maximum Gasteiger partial charge on any atom is 0.397 e. The van der Waals surface area contributed by atoms with E-state index in [0.29, 0.717) is 18.2 Å². The zero-order valence-corrected chi connectivity index (χ0v) is 38.7. The first-order chi connectivity index (χ1) is 31.3. The van der Waals surface area contributed by atoms with Crippen molar-refractivity contribution in [1.82, 2.24) is 15.0 Å². The fourth-order valence-corrected chi connectivity index (χ4v) is 10.5. The van der Waals surface area contributed by atoms with Crippen LogP contribution in [0.25, 0.3) is 21.5 Å². The summed E-state index contributed by atoms with van der Waals surface area (Å²) in [6.45, 7) is -1.58. The van der Waals surface area contributed by atoms with Gasteiger partial charge in [-0.05, 0) is 65.5 Å². The van der Waals surface area contributed by atoms with E-state index in [1.54, 1.807) is 0 Å². The van der Waals surface area contributed by atoms with E-state index >= 15 is 0 Å². The third-order valence-electron chi connectivity index (χ3n) is 8.77. The summed E-state index contributed by atoms with van der Waals surface area (Å²) in [5, 5.41) is 23.5. The van der Waals surface area contributed by atoms with E-state index in [1.807, 2.05) is 0 Å². The number of nitrogens with one attached hydrogen (secondary N) is 3. The average Bonchev–Trinajstić information content (AvgIpc) is 3.19. The summed E-state index contributed by atoms with van der Waals surface area (Å²) in [6, 6.07) is 11.2. The lowest BCUT2D eigenvalue weighted by Gasteiger charge is -2.15. The minimum Gasteiger partial charge on any atom is -0.505 e. The Morgan fingerprint density at radius 1 is 0.676 bits per heavy atom. The second-order valence-corrected chi connectivity index (χ2v) is 22.5. The van der Waals surface area contributed by atoms with Crippen LogP contribution in [0, 0.1) is 0 Å². The number of benzene rings is 5. The van der Waals surface area contributed by atoms with Gasteiger partial charge in [0.25, 0.3) is 40.5 Å². The van der Waals surface area contributed by atoms with Crippen molar-refractivity contribution < 1.29 is 87.4 Å². The number of carbonyl (C=O) groups is 1. The summed E-state index contributed by atoms with van der Waals surface area (Å²) in [5.41, 5.74) is -2.62. The van der Waals surface area contributed by atoms with Gasteiger partial charge in [-0.2, -0.15) is 57.0 Å². The molecule has 6 rings (SSSR count). The zero-order chi connectivity index (χ0) is 50.4. The molecule has 35 heteroatoms. The molecule has 0 saturated carbocycles. The van der Waals surface area contributed by atoms with Crippen molar-refractivity contribution in [3.05, 3.63) is 78.1 Å². The molecule has 0 fully saturated rings. The van der Waals surface area contributed by atoms with Gasteiger partial charge in [-0.3, -0.25) is 27.6 Å². The van der Waals surface area contributed by atoms with E-state index in [4.69, 9.17) is 16.2 Å². The molecule has 5 aromatic carbocycles. The number of azo groups is 1. The molecule has 362 valence electrons. The van der Waals surface area contributed by atoms with Gasteiger partial charge in [0.2, 0.25) is 23.1 Å². The first-order valence-electron chi connectivity index (χ1n) is 17.7. The lowest BCUT2D eigenvalue weighted by molar-refractivity contribution is -0.114. The molecule has 1 aromatic heterocycles. The van der Waals surface area contributed by atoms with Crippen molar-refractivity contribution in [3.8, 4) is 5.75 Å². The molecule has 28 nitrogen and oxygen atoms in total. The number of anilines is 4. The summed E-state index contributed by atoms with van der Waals surface area (Å²) in [7, 11) is -30.1. The van der Waals surface area contributed by atoms with Crippen molar-refractivity contribution in [3.63, 3.8) is 0 Å². The molecule has 0 unspecified atom stereocenters. The number of fused-ring (bicyclic) bond motifs is 2. The van der Waals surface area contributed by atoms with Crippen LogP contribution in [0.2, 0.25) is 5.28 Å². The molecule has 68 heavy (non-hydrogen) atoms. The van der Waals surface area contributed by atoms with Crippen LogP contribution in [0.1, 0.15) is 0 Å². The van der Waals surface area contributed by atoms with Gasteiger partial charge in [0.05, 0.1) is 34.4 Å². The van der Waals surface area contributed by atoms with Crippen LogP contribution in [0.3, 0.4) is 0 Å². The highest BCUT2D eigenvalue weighted by molar-refractivity contribution is 7.91. The van der Waals surface area contributed by atoms with Gasteiger partial charge in [0.1, 0.15) is 26.1 Å². The second-order valence-electron chi connectivity index (χ2n) is 13.4. The second kappa shape index (κ2) is 18.7. The summed E-state index contributed by atoms with van der Waals surface area (Å²) in [6.07, 6.45) is 0. The number of aromatic nitrogens is 3. The molecule has 0 bridgehead atoms. The number of aromatic hydroxyl groups is 1. The van der Waals surface area contributed by atoms with Gasteiger partial charge in [0, 0.05) is 21.8 Å². The third-order valence-corrected chi connectivity index (χ3v) is 14.6. The molecule has 0 spiro atoms. The van der Waals surface area contributed by atoms with Gasteiger partial charge in [-0.15, -0.1) is 10.2 Å². The fourth-order valence-electron chi connectivity index (χ4n) is 6.07. The number of phenolic OH excluding ortho intramolecular Hbond substituents is 1. The molecular weight excluding hydrogens is 1060 g/mol. The number of rotatable bonds is 17. The first-order valence-corrected chi connectivity index (χ1v) is 26.9. The molecule has 0 aliphatic rings. The molecule has 0 aliphatic carbocycles. The Morgan fingerprint density at radius 3 is 1.97 bits per heavy atom. The molecule has 1 amide bonds. The topological polar surface area (TPSA) is 452 Å². The molecule has 0 aliphatic heterocycles. The van der Waals surface area contributed by atoms with Crippen LogP contribution < -0.4 is 16.0 Å². The van der Waals surface area contributed by atoms with E-state index in [1.165, 1.54) is 12.1 Å². The summed E-state index contributed by atoms with van der Waals surface area (Å²) in [5.74, 6) is -4.02. The van der Waals surface area contributed by atoms with Crippen molar-refractivity contribution in [1.29, 1.82) is 0 Å². The SMILES string of the molecule is O=C(CNc1nc(Cl)nc(Nc2cc(S(=O)(=O)O)cc3cc(S(=O)(=O)O)c(N=Nc4ccc5c(S(=O)(=O)O)cccc5c4S(=O)(=O)O)c(O)c23)n1)Nc1cccc(S(=O)(=O)CCOS(=O)(=O)O)c1. The molecule has 1 heterocycles. The Hall–Kier alpha value is -6.15. The Labute approximate surface area is 388 Å². The van der Waals surface area contributed by atoms with Crippen molar-refractivity contribution in [2.45, 2.75) is 24.5 Å². The first kappa shape index (κ1) is 51.2. The quantitative estimate of drug-likeness (QED) is 0.0467. The molecule has 9 N–H and O–H groups in total. The Balaban J connectivity index is 1.37. The van der Waals surface area contributed by atoms with E-state index in [9.17, 15) is 78.6 Å². The van der Waals surface area contributed by atoms with Crippen LogP contribution in [0.15, 0.2) is 108 Å². The van der Waals surface area contributed by atoms with E-state index in [-0.39, 0.29) is 10.6 Å². The highest BCUT2D eigenvalue weighted by Gasteiger charge is 2.28. The van der Waals surface area contributed by atoms with Gasteiger partial charge in [-0.25, -0.2) is 12.6 Å². The van der Waals surface area contributed by atoms with Crippen molar-refractivity contribution >= 4 is 134 Å². The van der Waals surface area contributed by atoms with Gasteiger partial charge >= 0.3 is 10.4 Å². The number of halogens is 1. The van der Waals surface area contributed by atoms with E-state index in [0.717, 1.165) is 42.5 Å². The highest BCUT2D eigenvalue weighted by Crippen LogP contribution is 2.46. The maximum absolute atomic E-state index is 12.8. The largest absolute Gasteiger partial charge is 0.505 e. The highest BCUT2D eigenvalue weighted by atomic mass is 35.5. The molecule has 0 atom stereocenters. The number of amides is 1. The van der Waals surface area contributed by atoms with Crippen LogP contribution in [-0.4, -0.2) is 118 Å². The van der Waals surface area contributed by atoms with Gasteiger partial charge < -0.3 is 21.1 Å². The lowest BCUT2D eigenvalue weighted by Crippen LogP contribution is -2.23. The zero-order valence-electron chi connectivity index (χ0n) is 33.0. The van der Waals surface area contributed by atoms with Gasteiger partial charge in [-0.1, -0.05) is 24.3 Å². The predicted octanol–water partition coefficient (Wildman–Crippen LogP) is 3.33. The summed E-state index contributed by atoms with van der Waals surface area (Å²) >= 11 is 6.08. The fraction of sp³-hybridized carbons (Fsp3) is 0.0909. The third kappa shape index (κ3) is 12.1. The van der Waals surface area contributed by atoms with Crippen LogP contribution in [0.4, 0.5) is 34.6 Å².